The Balaban J connectivity index is 2.41. The maximum atomic E-state index is 11.0. The molecule has 4 heteroatoms. The molecule has 0 amide bonds. The Hall–Kier alpha value is -2.10. The van der Waals surface area contributed by atoms with E-state index in [-0.39, 0.29) is 17.3 Å². The molecular weight excluding hydrogens is 194 g/mol. The van der Waals surface area contributed by atoms with Crippen molar-refractivity contribution in [3.05, 3.63) is 36.2 Å². The molecule has 0 aliphatic heterocycles. The van der Waals surface area contributed by atoms with Gasteiger partial charge in [-0.15, -0.1) is 0 Å². The molecule has 0 spiro atoms. The minimum absolute atomic E-state index is 0.134. The third-order valence-corrected chi connectivity index (χ3v) is 1.95. The first kappa shape index (κ1) is 9.45. The number of Topliss-reactive ketones (excluding diaryl/α,β-unsaturated/α-hetero) is 1. The second-order valence-corrected chi connectivity index (χ2v) is 3.14. The molecule has 0 fully saturated rings. The number of nitrogens with zero attached hydrogens (tertiary/aromatic N) is 1. The number of hydrogen-bond acceptors (Lipinski definition) is 4. The van der Waals surface area contributed by atoms with Crippen LogP contribution in [0.1, 0.15) is 17.5 Å². The van der Waals surface area contributed by atoms with Crippen LogP contribution in [0.2, 0.25) is 0 Å². The zero-order chi connectivity index (χ0) is 10.8. The van der Waals surface area contributed by atoms with Gasteiger partial charge in [0.1, 0.15) is 5.75 Å². The van der Waals surface area contributed by atoms with Crippen molar-refractivity contribution in [1.82, 2.24) is 4.98 Å². The number of carbonyl (C=O) groups is 1. The van der Waals surface area contributed by atoms with Crippen molar-refractivity contribution in [3.63, 3.8) is 0 Å². The molecule has 4 nitrogen and oxygen atoms in total. The highest BCUT2D eigenvalue weighted by atomic mass is 16.4. The molecule has 0 saturated heterocycles. The quantitative estimate of drug-likeness (QED) is 0.760. The Bertz CT molecular complexity index is 502. The SMILES string of the molecule is CC(=O)c1cnc(-c2cccc(O)c2)o1. The molecule has 0 radical (unpaired) electrons. The number of rotatable bonds is 2. The Labute approximate surface area is 86.2 Å². The minimum Gasteiger partial charge on any atom is -0.508 e. The van der Waals surface area contributed by atoms with Crippen LogP contribution < -0.4 is 0 Å². The van der Waals surface area contributed by atoms with Gasteiger partial charge in [0.2, 0.25) is 5.89 Å². The van der Waals surface area contributed by atoms with Gasteiger partial charge >= 0.3 is 0 Å². The maximum absolute atomic E-state index is 11.0. The number of aromatic hydroxyl groups is 1. The Kier molecular flexibility index (Phi) is 2.25. The molecule has 0 atom stereocenters. The molecule has 2 rings (SSSR count). The zero-order valence-electron chi connectivity index (χ0n) is 8.10. The summed E-state index contributed by atoms with van der Waals surface area (Å²) in [5.74, 6) is 0.508. The number of ketones is 1. The van der Waals surface area contributed by atoms with Crippen LogP contribution in [-0.4, -0.2) is 15.9 Å². The fourth-order valence-electron chi connectivity index (χ4n) is 1.21. The van der Waals surface area contributed by atoms with Gasteiger partial charge in [-0.25, -0.2) is 4.98 Å². The molecule has 0 aliphatic carbocycles. The minimum atomic E-state index is -0.172. The third kappa shape index (κ3) is 1.88. The standard InChI is InChI=1S/C11H9NO3/c1-7(13)10-6-12-11(15-10)8-3-2-4-9(14)5-8/h2-6,14H,1H3. The highest BCUT2D eigenvalue weighted by Crippen LogP contribution is 2.22. The number of aromatic nitrogens is 1. The Morgan fingerprint density at radius 3 is 2.87 bits per heavy atom. The van der Waals surface area contributed by atoms with Crippen LogP contribution in [0.25, 0.3) is 11.5 Å². The molecule has 2 aromatic rings. The average molecular weight is 203 g/mol. The second-order valence-electron chi connectivity index (χ2n) is 3.14. The lowest BCUT2D eigenvalue weighted by Crippen LogP contribution is -1.86. The van der Waals surface area contributed by atoms with Gasteiger partial charge in [-0.3, -0.25) is 4.79 Å². The smallest absolute Gasteiger partial charge is 0.227 e. The molecule has 0 unspecified atom stereocenters. The molecule has 1 N–H and O–H groups in total. The molecule has 0 bridgehead atoms. The van der Waals surface area contributed by atoms with Gasteiger partial charge < -0.3 is 9.52 Å². The summed E-state index contributed by atoms with van der Waals surface area (Å²) < 4.78 is 5.21. The summed E-state index contributed by atoms with van der Waals surface area (Å²) in [5, 5.41) is 9.25. The topological polar surface area (TPSA) is 63.3 Å². The van der Waals surface area contributed by atoms with E-state index in [1.807, 2.05) is 0 Å². The average Bonchev–Trinajstić information content (AvgIpc) is 2.66. The highest BCUT2D eigenvalue weighted by molar-refractivity contribution is 5.91. The zero-order valence-corrected chi connectivity index (χ0v) is 8.10. The lowest BCUT2D eigenvalue weighted by atomic mass is 10.2. The van der Waals surface area contributed by atoms with Gasteiger partial charge in [-0.2, -0.15) is 0 Å². The number of phenols is 1. The summed E-state index contributed by atoms with van der Waals surface area (Å²) in [4.78, 5) is 14.9. The van der Waals surface area contributed by atoms with E-state index in [0.717, 1.165) is 0 Å². The first-order valence-electron chi connectivity index (χ1n) is 4.43. The van der Waals surface area contributed by atoms with E-state index in [2.05, 4.69) is 4.98 Å². The molecule has 0 aliphatic rings. The van der Waals surface area contributed by atoms with Crippen LogP contribution in [-0.2, 0) is 0 Å². The van der Waals surface area contributed by atoms with Gasteiger partial charge in [0.15, 0.2) is 11.5 Å². The predicted octanol–water partition coefficient (Wildman–Crippen LogP) is 2.25. The van der Waals surface area contributed by atoms with E-state index in [0.29, 0.717) is 11.5 Å². The molecule has 1 aromatic heterocycles. The molecule has 1 heterocycles. The highest BCUT2D eigenvalue weighted by Gasteiger charge is 2.09. The van der Waals surface area contributed by atoms with Crippen molar-refractivity contribution in [2.45, 2.75) is 6.92 Å². The monoisotopic (exact) mass is 203 g/mol. The van der Waals surface area contributed by atoms with Crippen molar-refractivity contribution < 1.29 is 14.3 Å². The Morgan fingerprint density at radius 2 is 2.27 bits per heavy atom. The largest absolute Gasteiger partial charge is 0.508 e. The Morgan fingerprint density at radius 1 is 1.47 bits per heavy atom. The number of carbonyl (C=O) groups excluding carboxylic acids is 1. The van der Waals surface area contributed by atoms with Crippen molar-refractivity contribution >= 4 is 5.78 Å². The van der Waals surface area contributed by atoms with E-state index in [1.165, 1.54) is 19.2 Å². The summed E-state index contributed by atoms with van der Waals surface area (Å²) in [5.41, 5.74) is 0.641. The van der Waals surface area contributed by atoms with E-state index in [4.69, 9.17) is 4.42 Å². The summed E-state index contributed by atoms with van der Waals surface area (Å²) in [6, 6.07) is 6.51. The molecule has 1 aromatic carbocycles. The number of hydrogen-bond donors (Lipinski definition) is 1. The van der Waals surface area contributed by atoms with Crippen LogP contribution in [0.4, 0.5) is 0 Å². The van der Waals surface area contributed by atoms with E-state index < -0.39 is 0 Å². The molecule has 0 saturated carbocycles. The lowest BCUT2D eigenvalue weighted by molar-refractivity contribution is 0.0988. The fraction of sp³-hybridized carbons (Fsp3) is 0.0909. The van der Waals surface area contributed by atoms with Crippen LogP contribution in [0.15, 0.2) is 34.9 Å². The first-order chi connectivity index (χ1) is 7.16. The van der Waals surface area contributed by atoms with Crippen molar-refractivity contribution in [3.8, 4) is 17.2 Å². The summed E-state index contributed by atoms with van der Waals surface area (Å²) in [7, 11) is 0. The van der Waals surface area contributed by atoms with Crippen molar-refractivity contribution in [2.75, 3.05) is 0 Å². The van der Waals surface area contributed by atoms with E-state index in [9.17, 15) is 9.90 Å². The fourth-order valence-corrected chi connectivity index (χ4v) is 1.21. The number of oxazole rings is 1. The van der Waals surface area contributed by atoms with Gasteiger partial charge in [0.05, 0.1) is 6.20 Å². The van der Waals surface area contributed by atoms with Gasteiger partial charge in [-0.1, -0.05) is 6.07 Å². The van der Waals surface area contributed by atoms with E-state index in [1.54, 1.807) is 18.2 Å². The van der Waals surface area contributed by atoms with Crippen LogP contribution in [0.3, 0.4) is 0 Å². The number of benzene rings is 1. The normalized spacial score (nSPS) is 10.2. The molecular formula is C11H9NO3. The maximum Gasteiger partial charge on any atom is 0.227 e. The van der Waals surface area contributed by atoms with Crippen molar-refractivity contribution in [1.29, 1.82) is 0 Å². The van der Waals surface area contributed by atoms with Gasteiger partial charge in [-0.05, 0) is 18.2 Å². The second kappa shape index (κ2) is 3.57. The van der Waals surface area contributed by atoms with Gasteiger partial charge in [0, 0.05) is 12.5 Å². The van der Waals surface area contributed by atoms with Gasteiger partial charge in [0.25, 0.3) is 0 Å². The first-order valence-corrected chi connectivity index (χ1v) is 4.43. The van der Waals surface area contributed by atoms with Crippen LogP contribution in [0.5, 0.6) is 5.75 Å². The lowest BCUT2D eigenvalue weighted by Gasteiger charge is -1.95. The third-order valence-electron chi connectivity index (χ3n) is 1.95. The summed E-state index contributed by atoms with van der Waals surface area (Å²) >= 11 is 0. The molecule has 76 valence electrons. The van der Waals surface area contributed by atoms with Crippen molar-refractivity contribution in [2.24, 2.45) is 0 Å². The number of phenolic OH excluding ortho intramolecular Hbond substituents is 1. The summed E-state index contributed by atoms with van der Waals surface area (Å²) in [6.07, 6.45) is 1.38. The molecule has 15 heavy (non-hydrogen) atoms. The van der Waals surface area contributed by atoms with E-state index >= 15 is 0 Å². The summed E-state index contributed by atoms with van der Waals surface area (Å²) in [6.45, 7) is 1.41. The van der Waals surface area contributed by atoms with Crippen LogP contribution >= 0.6 is 0 Å². The van der Waals surface area contributed by atoms with Crippen LogP contribution in [0, 0.1) is 0 Å². The predicted molar refractivity (Wildman–Crippen MR) is 53.6 cm³/mol.